The van der Waals surface area contributed by atoms with Crippen LogP contribution in [-0.4, -0.2) is 26.1 Å². The second-order valence-corrected chi connectivity index (χ2v) is 10.2. The van der Waals surface area contributed by atoms with Crippen LogP contribution in [0.2, 0.25) is 18.1 Å². The number of hydrogen-bond donors (Lipinski definition) is 1. The molecule has 15 heavy (non-hydrogen) atoms. The quantitative estimate of drug-likeness (QED) is 0.580. The molecule has 0 amide bonds. The summed E-state index contributed by atoms with van der Waals surface area (Å²) in [5, 5.41) is 9.19. The molecule has 0 fully saturated rings. The lowest BCUT2D eigenvalue weighted by molar-refractivity contribution is 0.174. The molecule has 0 aromatic heterocycles. The van der Waals surface area contributed by atoms with Gasteiger partial charge < -0.3 is 9.53 Å². The van der Waals surface area contributed by atoms with Crippen LogP contribution in [0.5, 0.6) is 0 Å². The molecular weight excluding hydrogens is 204 g/mol. The minimum absolute atomic E-state index is 0.0703. The van der Waals surface area contributed by atoms with Gasteiger partial charge in [-0.25, -0.2) is 0 Å². The van der Waals surface area contributed by atoms with Gasteiger partial charge >= 0.3 is 0 Å². The van der Waals surface area contributed by atoms with Gasteiger partial charge in [0.1, 0.15) is 0 Å². The van der Waals surface area contributed by atoms with Crippen molar-refractivity contribution in [3.63, 3.8) is 0 Å². The van der Waals surface area contributed by atoms with E-state index in [1.807, 2.05) is 19.1 Å². The standard InChI is InChI=1S/C12H26O2Si/c1-7-8-11(9-10-13)14-15(5,6)12(2,3)4/h7-8,11,13H,9-10H2,1-6H3/b8-7+/t11-/m0/s1. The third-order valence-electron chi connectivity index (χ3n) is 3.07. The first-order chi connectivity index (χ1) is 6.74. The molecule has 1 N–H and O–H groups in total. The number of allylic oxidation sites excluding steroid dienone is 1. The van der Waals surface area contributed by atoms with Crippen molar-refractivity contribution < 1.29 is 9.53 Å². The molecule has 90 valence electrons. The van der Waals surface area contributed by atoms with Crippen molar-refractivity contribution in [2.45, 2.75) is 58.4 Å². The number of rotatable bonds is 5. The van der Waals surface area contributed by atoms with Gasteiger partial charge in [0.2, 0.25) is 0 Å². The normalized spacial score (nSPS) is 15.9. The molecule has 0 aliphatic rings. The molecule has 0 spiro atoms. The highest BCUT2D eigenvalue weighted by Gasteiger charge is 2.38. The van der Waals surface area contributed by atoms with Crippen LogP contribution in [-0.2, 0) is 4.43 Å². The molecular formula is C12H26O2Si. The zero-order chi connectivity index (χ0) is 12.1. The summed E-state index contributed by atoms with van der Waals surface area (Å²) >= 11 is 0. The van der Waals surface area contributed by atoms with Gasteiger partial charge in [0, 0.05) is 6.61 Å². The Labute approximate surface area is 95.5 Å². The summed E-state index contributed by atoms with van der Waals surface area (Å²) in [4.78, 5) is 0. The fourth-order valence-corrected chi connectivity index (χ4v) is 2.40. The molecule has 0 aromatic carbocycles. The van der Waals surface area contributed by atoms with Gasteiger partial charge in [-0.15, -0.1) is 0 Å². The Hall–Kier alpha value is -0.123. The van der Waals surface area contributed by atoms with Gasteiger partial charge in [-0.1, -0.05) is 32.9 Å². The third kappa shape index (κ3) is 4.95. The average Bonchev–Trinajstić information content (AvgIpc) is 2.02. The summed E-state index contributed by atoms with van der Waals surface area (Å²) in [7, 11) is -1.70. The number of aliphatic hydroxyl groups is 1. The van der Waals surface area contributed by atoms with Crippen LogP contribution in [0.1, 0.15) is 34.1 Å². The molecule has 0 unspecified atom stereocenters. The fraction of sp³-hybridized carbons (Fsp3) is 0.833. The second kappa shape index (κ2) is 5.82. The summed E-state index contributed by atoms with van der Waals surface area (Å²) < 4.78 is 6.18. The fourth-order valence-electron chi connectivity index (χ4n) is 1.09. The lowest BCUT2D eigenvalue weighted by atomic mass is 10.2. The first-order valence-corrected chi connectivity index (χ1v) is 8.57. The molecule has 1 atom stereocenters. The Morgan fingerprint density at radius 3 is 2.20 bits per heavy atom. The molecule has 2 nitrogen and oxygen atoms in total. The van der Waals surface area contributed by atoms with E-state index < -0.39 is 8.32 Å². The van der Waals surface area contributed by atoms with Crippen LogP contribution in [0.15, 0.2) is 12.2 Å². The minimum Gasteiger partial charge on any atom is -0.410 e. The lowest BCUT2D eigenvalue weighted by Gasteiger charge is -2.38. The maximum Gasteiger partial charge on any atom is 0.192 e. The molecule has 0 radical (unpaired) electrons. The van der Waals surface area contributed by atoms with E-state index in [1.54, 1.807) is 0 Å². The Balaban J connectivity index is 4.51. The van der Waals surface area contributed by atoms with Crippen LogP contribution < -0.4 is 0 Å². The van der Waals surface area contributed by atoms with Gasteiger partial charge in [-0.2, -0.15) is 0 Å². The Kier molecular flexibility index (Phi) is 5.78. The predicted molar refractivity (Wildman–Crippen MR) is 68.6 cm³/mol. The first kappa shape index (κ1) is 14.9. The van der Waals surface area contributed by atoms with Gasteiger partial charge in [0.15, 0.2) is 8.32 Å². The zero-order valence-electron chi connectivity index (χ0n) is 11.0. The highest BCUT2D eigenvalue weighted by Crippen LogP contribution is 2.37. The van der Waals surface area contributed by atoms with Crippen LogP contribution in [0.25, 0.3) is 0 Å². The largest absolute Gasteiger partial charge is 0.410 e. The van der Waals surface area contributed by atoms with Crippen LogP contribution >= 0.6 is 0 Å². The van der Waals surface area contributed by atoms with Crippen LogP contribution in [0, 0.1) is 0 Å². The first-order valence-electron chi connectivity index (χ1n) is 5.66. The summed E-state index contributed by atoms with van der Waals surface area (Å²) in [6, 6.07) is 0. The highest BCUT2D eigenvalue weighted by atomic mass is 28.4. The van der Waals surface area contributed by atoms with Crippen molar-refractivity contribution in [3.8, 4) is 0 Å². The van der Waals surface area contributed by atoms with E-state index in [-0.39, 0.29) is 17.7 Å². The molecule has 0 heterocycles. The van der Waals surface area contributed by atoms with Crippen molar-refractivity contribution in [1.29, 1.82) is 0 Å². The maximum absolute atomic E-state index is 8.96. The van der Waals surface area contributed by atoms with Crippen molar-refractivity contribution in [3.05, 3.63) is 12.2 Å². The van der Waals surface area contributed by atoms with Gasteiger partial charge in [-0.05, 0) is 31.5 Å². The van der Waals surface area contributed by atoms with E-state index in [0.29, 0.717) is 6.42 Å². The van der Waals surface area contributed by atoms with Crippen molar-refractivity contribution in [2.24, 2.45) is 0 Å². The summed E-state index contributed by atoms with van der Waals surface area (Å²) in [5.74, 6) is 0. The Bertz CT molecular complexity index is 204. The lowest BCUT2D eigenvalue weighted by Crippen LogP contribution is -2.43. The molecule has 0 saturated heterocycles. The average molecular weight is 230 g/mol. The zero-order valence-corrected chi connectivity index (χ0v) is 12.0. The molecule has 0 rings (SSSR count). The molecule has 0 aliphatic carbocycles. The van der Waals surface area contributed by atoms with Crippen molar-refractivity contribution >= 4 is 8.32 Å². The van der Waals surface area contributed by atoms with E-state index in [9.17, 15) is 0 Å². The third-order valence-corrected chi connectivity index (χ3v) is 7.58. The van der Waals surface area contributed by atoms with Gasteiger partial charge in [0.25, 0.3) is 0 Å². The van der Waals surface area contributed by atoms with E-state index >= 15 is 0 Å². The molecule has 0 aromatic rings. The molecule has 0 saturated carbocycles. The second-order valence-electron chi connectivity index (χ2n) is 5.45. The SMILES string of the molecule is C/C=C/[C@@H](CCO)O[Si](C)(C)C(C)(C)C. The minimum atomic E-state index is -1.70. The summed E-state index contributed by atoms with van der Waals surface area (Å²) in [6.07, 6.45) is 4.79. The monoisotopic (exact) mass is 230 g/mol. The van der Waals surface area contributed by atoms with Crippen LogP contribution in [0.4, 0.5) is 0 Å². The van der Waals surface area contributed by atoms with E-state index in [4.69, 9.17) is 9.53 Å². The van der Waals surface area contributed by atoms with Gasteiger partial charge in [-0.3, -0.25) is 0 Å². The highest BCUT2D eigenvalue weighted by molar-refractivity contribution is 6.74. The van der Waals surface area contributed by atoms with E-state index in [0.717, 1.165) is 0 Å². The smallest absolute Gasteiger partial charge is 0.192 e. The van der Waals surface area contributed by atoms with Crippen molar-refractivity contribution in [1.82, 2.24) is 0 Å². The summed E-state index contributed by atoms with van der Waals surface area (Å²) in [5.41, 5.74) is 0. The predicted octanol–water partition coefficient (Wildman–Crippen LogP) is 3.34. The number of hydrogen-bond acceptors (Lipinski definition) is 2. The topological polar surface area (TPSA) is 29.5 Å². The number of aliphatic hydroxyl groups excluding tert-OH is 1. The molecule has 3 heteroatoms. The molecule has 0 aliphatic heterocycles. The van der Waals surface area contributed by atoms with Gasteiger partial charge in [0.05, 0.1) is 6.10 Å². The van der Waals surface area contributed by atoms with E-state index in [2.05, 4.69) is 33.9 Å². The Morgan fingerprint density at radius 2 is 1.87 bits per heavy atom. The van der Waals surface area contributed by atoms with Crippen molar-refractivity contribution in [2.75, 3.05) is 6.61 Å². The van der Waals surface area contributed by atoms with Crippen LogP contribution in [0.3, 0.4) is 0 Å². The summed E-state index contributed by atoms with van der Waals surface area (Å²) in [6.45, 7) is 13.3. The molecule has 0 bridgehead atoms. The Morgan fingerprint density at radius 1 is 1.33 bits per heavy atom. The van der Waals surface area contributed by atoms with E-state index in [1.165, 1.54) is 0 Å². The maximum atomic E-state index is 8.96.